The highest BCUT2D eigenvalue weighted by atomic mass is 32.2. The van der Waals surface area contributed by atoms with Gasteiger partial charge in [0.1, 0.15) is 5.75 Å². The molecule has 142 valence electrons. The molecule has 1 aromatic carbocycles. The predicted molar refractivity (Wildman–Crippen MR) is 99.3 cm³/mol. The monoisotopic (exact) mass is 370 g/mol. The van der Waals surface area contributed by atoms with E-state index in [9.17, 15) is 13.2 Å². The zero-order valence-electron chi connectivity index (χ0n) is 15.7. The molecule has 25 heavy (non-hydrogen) atoms. The maximum absolute atomic E-state index is 12.5. The third-order valence-electron chi connectivity index (χ3n) is 4.34. The van der Waals surface area contributed by atoms with Gasteiger partial charge in [0.15, 0.2) is 9.84 Å². The molecule has 2 N–H and O–H groups in total. The third kappa shape index (κ3) is 6.32. The molecule has 2 atom stereocenters. The van der Waals surface area contributed by atoms with Crippen LogP contribution in [0, 0.1) is 11.8 Å². The maximum atomic E-state index is 12.5. The first-order valence-electron chi connectivity index (χ1n) is 8.45. The van der Waals surface area contributed by atoms with Gasteiger partial charge in [-0.2, -0.15) is 0 Å². The van der Waals surface area contributed by atoms with E-state index in [0.717, 1.165) is 0 Å². The highest BCUT2D eigenvalue weighted by Crippen LogP contribution is 2.19. The van der Waals surface area contributed by atoms with Gasteiger partial charge in [-0.15, -0.1) is 0 Å². The number of methoxy groups -OCH3 is 1. The molecule has 0 aliphatic carbocycles. The number of hydrogen-bond donors (Lipinski definition) is 1. The van der Waals surface area contributed by atoms with Crippen LogP contribution in [0.4, 0.5) is 0 Å². The third-order valence-corrected chi connectivity index (χ3v) is 6.27. The van der Waals surface area contributed by atoms with Crippen LogP contribution in [0.1, 0.15) is 27.2 Å². The smallest absolute Gasteiger partial charge is 0.226 e. The number of hydrogen-bond acceptors (Lipinski definition) is 5. The van der Waals surface area contributed by atoms with E-state index in [0.29, 0.717) is 24.6 Å². The van der Waals surface area contributed by atoms with E-state index in [-0.39, 0.29) is 22.6 Å². The Balaban J connectivity index is 2.68. The number of sulfone groups is 1. The number of nitrogens with zero attached hydrogens (tertiary/aromatic N) is 1. The molecule has 0 heterocycles. The van der Waals surface area contributed by atoms with Crippen LogP contribution >= 0.6 is 0 Å². The van der Waals surface area contributed by atoms with Gasteiger partial charge in [0.05, 0.1) is 17.8 Å². The Morgan fingerprint density at radius 2 is 1.76 bits per heavy atom. The zero-order chi connectivity index (χ0) is 19.2. The van der Waals surface area contributed by atoms with Gasteiger partial charge in [-0.05, 0) is 36.6 Å². The van der Waals surface area contributed by atoms with Gasteiger partial charge in [0, 0.05) is 25.6 Å². The van der Waals surface area contributed by atoms with Crippen LogP contribution in [0.5, 0.6) is 5.75 Å². The molecule has 0 fully saturated rings. The molecule has 1 aromatic rings. The lowest BCUT2D eigenvalue weighted by Crippen LogP contribution is -2.38. The summed E-state index contributed by atoms with van der Waals surface area (Å²) in [7, 11) is -0.330. The van der Waals surface area contributed by atoms with Gasteiger partial charge in [-0.25, -0.2) is 8.42 Å². The summed E-state index contributed by atoms with van der Waals surface area (Å²) < 4.78 is 30.0. The maximum Gasteiger partial charge on any atom is 0.226 e. The Kier molecular flexibility index (Phi) is 7.89. The topological polar surface area (TPSA) is 89.7 Å². The standard InChI is InChI=1S/C18H30N2O4S/c1-13(2)17(19)10-11-20(4)18(21)14(3)12-25(22,23)16-8-6-15(24-5)7-9-16/h6-9,13-14,17H,10-12,19H2,1-5H3. The highest BCUT2D eigenvalue weighted by molar-refractivity contribution is 7.91. The molecule has 7 heteroatoms. The summed E-state index contributed by atoms with van der Waals surface area (Å²) >= 11 is 0. The first kappa shape index (κ1) is 21.4. The van der Waals surface area contributed by atoms with Crippen LogP contribution in [0.15, 0.2) is 29.2 Å². The molecule has 0 bridgehead atoms. The van der Waals surface area contributed by atoms with Crippen molar-refractivity contribution in [3.05, 3.63) is 24.3 Å². The largest absolute Gasteiger partial charge is 0.497 e. The summed E-state index contributed by atoms with van der Waals surface area (Å²) in [5.74, 6) is -0.0975. The van der Waals surface area contributed by atoms with E-state index in [1.165, 1.54) is 19.2 Å². The summed E-state index contributed by atoms with van der Waals surface area (Å²) in [6.07, 6.45) is 0.692. The molecular formula is C18H30N2O4S. The lowest BCUT2D eigenvalue weighted by atomic mass is 10.0. The fourth-order valence-corrected chi connectivity index (χ4v) is 3.99. The van der Waals surface area contributed by atoms with Crippen molar-refractivity contribution in [2.24, 2.45) is 17.6 Å². The molecule has 1 rings (SSSR count). The number of nitrogens with two attached hydrogens (primary N) is 1. The molecule has 0 saturated heterocycles. The molecule has 0 aliphatic rings. The van der Waals surface area contributed by atoms with E-state index in [4.69, 9.17) is 10.5 Å². The van der Waals surface area contributed by atoms with Gasteiger partial charge < -0.3 is 15.4 Å². The molecule has 0 aromatic heterocycles. The predicted octanol–water partition coefficient (Wildman–Crippen LogP) is 1.94. The Labute approximate surface area is 151 Å². The second-order valence-corrected chi connectivity index (χ2v) is 8.85. The van der Waals surface area contributed by atoms with E-state index >= 15 is 0 Å². The number of carbonyl (C=O) groups is 1. The van der Waals surface area contributed by atoms with Crippen molar-refractivity contribution in [3.8, 4) is 5.75 Å². The molecule has 0 spiro atoms. The van der Waals surface area contributed by atoms with Crippen molar-refractivity contribution in [2.75, 3.05) is 26.5 Å². The molecule has 0 saturated carbocycles. The summed E-state index contributed by atoms with van der Waals surface area (Å²) in [6.45, 7) is 6.24. The van der Waals surface area contributed by atoms with E-state index < -0.39 is 15.8 Å². The number of amides is 1. The quantitative estimate of drug-likeness (QED) is 0.717. The Hall–Kier alpha value is -1.60. The van der Waals surface area contributed by atoms with E-state index in [2.05, 4.69) is 0 Å². The minimum atomic E-state index is -3.54. The second kappa shape index (κ2) is 9.20. The van der Waals surface area contributed by atoms with Crippen LogP contribution in [0.2, 0.25) is 0 Å². The second-order valence-electron chi connectivity index (χ2n) is 6.81. The van der Waals surface area contributed by atoms with Gasteiger partial charge in [-0.1, -0.05) is 20.8 Å². The molecule has 1 amide bonds. The Bertz CT molecular complexity index is 656. The molecule has 6 nitrogen and oxygen atoms in total. The minimum absolute atomic E-state index is 0.0218. The van der Waals surface area contributed by atoms with Gasteiger partial charge in [0.2, 0.25) is 5.91 Å². The molecule has 0 radical (unpaired) electrons. The summed E-state index contributed by atoms with van der Waals surface area (Å²) in [4.78, 5) is 14.2. The summed E-state index contributed by atoms with van der Waals surface area (Å²) in [5, 5.41) is 0. The first-order valence-corrected chi connectivity index (χ1v) is 10.1. The highest BCUT2D eigenvalue weighted by Gasteiger charge is 2.25. The van der Waals surface area contributed by atoms with E-state index in [1.54, 1.807) is 31.0 Å². The fraction of sp³-hybridized carbons (Fsp3) is 0.611. The van der Waals surface area contributed by atoms with Crippen LogP contribution in [-0.4, -0.2) is 51.7 Å². The van der Waals surface area contributed by atoms with Crippen molar-refractivity contribution < 1.29 is 17.9 Å². The van der Waals surface area contributed by atoms with Gasteiger partial charge in [-0.3, -0.25) is 4.79 Å². The van der Waals surface area contributed by atoms with Crippen LogP contribution in [-0.2, 0) is 14.6 Å². The molecule has 0 aliphatic heterocycles. The first-order chi connectivity index (χ1) is 11.6. The normalized spacial score (nSPS) is 14.2. The summed E-state index contributed by atoms with van der Waals surface area (Å²) in [5.41, 5.74) is 6.00. The SMILES string of the molecule is COc1ccc(S(=O)(=O)CC(C)C(=O)N(C)CCC(N)C(C)C)cc1. The molecular weight excluding hydrogens is 340 g/mol. The Morgan fingerprint density at radius 3 is 2.24 bits per heavy atom. The van der Waals surface area contributed by atoms with Crippen LogP contribution in [0.25, 0.3) is 0 Å². The summed E-state index contributed by atoms with van der Waals surface area (Å²) in [6, 6.07) is 6.21. The average Bonchev–Trinajstić information content (AvgIpc) is 2.58. The lowest BCUT2D eigenvalue weighted by Gasteiger charge is -2.24. The number of carbonyl (C=O) groups excluding carboxylic acids is 1. The lowest BCUT2D eigenvalue weighted by molar-refractivity contribution is -0.133. The average molecular weight is 371 g/mol. The van der Waals surface area contributed by atoms with Crippen LogP contribution < -0.4 is 10.5 Å². The number of benzene rings is 1. The van der Waals surface area contributed by atoms with Gasteiger partial charge in [0.25, 0.3) is 0 Å². The van der Waals surface area contributed by atoms with Crippen molar-refractivity contribution in [1.82, 2.24) is 4.90 Å². The van der Waals surface area contributed by atoms with Crippen LogP contribution in [0.3, 0.4) is 0 Å². The van der Waals surface area contributed by atoms with Crippen molar-refractivity contribution >= 4 is 15.7 Å². The Morgan fingerprint density at radius 1 is 1.20 bits per heavy atom. The van der Waals surface area contributed by atoms with Crippen molar-refractivity contribution in [3.63, 3.8) is 0 Å². The van der Waals surface area contributed by atoms with Crippen molar-refractivity contribution in [2.45, 2.75) is 38.1 Å². The van der Waals surface area contributed by atoms with Crippen molar-refractivity contribution in [1.29, 1.82) is 0 Å². The minimum Gasteiger partial charge on any atom is -0.497 e. The number of ether oxygens (including phenoxy) is 1. The van der Waals surface area contributed by atoms with E-state index in [1.807, 2.05) is 13.8 Å². The zero-order valence-corrected chi connectivity index (χ0v) is 16.5. The fourth-order valence-electron chi connectivity index (χ4n) is 2.44. The molecule has 2 unspecified atom stereocenters. The number of rotatable bonds is 9. The van der Waals surface area contributed by atoms with Gasteiger partial charge >= 0.3 is 0 Å².